The van der Waals surface area contributed by atoms with Crippen molar-refractivity contribution in [3.63, 3.8) is 0 Å². The summed E-state index contributed by atoms with van der Waals surface area (Å²) in [6.45, 7) is 5.61. The Labute approximate surface area is 152 Å². The Morgan fingerprint density at radius 2 is 1.56 bits per heavy atom. The second kappa shape index (κ2) is 6.92. The van der Waals surface area contributed by atoms with Gasteiger partial charge in [-0.25, -0.2) is 0 Å². The van der Waals surface area contributed by atoms with Gasteiger partial charge in [-0.1, -0.05) is 39.0 Å². The summed E-state index contributed by atoms with van der Waals surface area (Å²) in [5.41, 5.74) is 2.24. The molecule has 0 bridgehead atoms. The second-order valence-corrected chi connectivity index (χ2v) is 8.43. The number of carbonyl (C=O) groups is 2. The Balaban J connectivity index is 1.59. The fourth-order valence-corrected chi connectivity index (χ4v) is 3.70. The van der Waals surface area contributed by atoms with Crippen LogP contribution in [0.4, 0.5) is 11.4 Å². The molecular formula is C20H22N2O2S. The van der Waals surface area contributed by atoms with Gasteiger partial charge in [0.2, 0.25) is 11.8 Å². The third-order valence-electron chi connectivity index (χ3n) is 4.03. The third-order valence-corrected chi connectivity index (χ3v) is 5.35. The van der Waals surface area contributed by atoms with E-state index in [2.05, 4.69) is 22.8 Å². The number of anilines is 2. The van der Waals surface area contributed by atoms with E-state index in [9.17, 15) is 9.59 Å². The lowest BCUT2D eigenvalue weighted by Crippen LogP contribution is -2.27. The van der Waals surface area contributed by atoms with Gasteiger partial charge >= 0.3 is 0 Å². The maximum absolute atomic E-state index is 12.5. The van der Waals surface area contributed by atoms with Gasteiger partial charge in [-0.05, 0) is 42.3 Å². The van der Waals surface area contributed by atoms with Crippen LogP contribution in [0.2, 0.25) is 0 Å². The highest BCUT2D eigenvalue weighted by Crippen LogP contribution is 2.37. The summed E-state index contributed by atoms with van der Waals surface area (Å²) in [7, 11) is 0. The first kappa shape index (κ1) is 17.5. The van der Waals surface area contributed by atoms with E-state index < -0.39 is 5.41 Å². The Hall–Kier alpha value is -2.27. The van der Waals surface area contributed by atoms with E-state index in [1.54, 1.807) is 23.9 Å². The number of hydrogen-bond acceptors (Lipinski definition) is 3. The van der Waals surface area contributed by atoms with Gasteiger partial charge in [0, 0.05) is 21.7 Å². The van der Waals surface area contributed by atoms with Crippen LogP contribution in [0, 0.1) is 5.41 Å². The van der Waals surface area contributed by atoms with Crippen LogP contribution in [0.15, 0.2) is 53.4 Å². The van der Waals surface area contributed by atoms with Crippen LogP contribution in [-0.4, -0.2) is 17.1 Å². The topological polar surface area (TPSA) is 58.2 Å². The van der Waals surface area contributed by atoms with Crippen molar-refractivity contribution >= 4 is 35.0 Å². The van der Waals surface area contributed by atoms with Crippen LogP contribution in [-0.2, 0) is 16.0 Å². The predicted octanol–water partition coefficient (Wildman–Crippen LogP) is 4.33. The van der Waals surface area contributed by atoms with Crippen LogP contribution in [0.5, 0.6) is 0 Å². The fourth-order valence-electron chi connectivity index (χ4n) is 2.51. The minimum atomic E-state index is -0.443. The quantitative estimate of drug-likeness (QED) is 0.863. The van der Waals surface area contributed by atoms with Crippen molar-refractivity contribution in [3.05, 3.63) is 54.1 Å². The average molecular weight is 354 g/mol. The maximum atomic E-state index is 12.5. The van der Waals surface area contributed by atoms with Crippen LogP contribution < -0.4 is 10.6 Å². The summed E-state index contributed by atoms with van der Waals surface area (Å²) in [5, 5.41) is 5.73. The average Bonchev–Trinajstić information content (AvgIpc) is 3.00. The van der Waals surface area contributed by atoms with Crippen LogP contribution in [0.1, 0.15) is 26.3 Å². The summed E-state index contributed by atoms with van der Waals surface area (Å²) in [4.78, 5) is 25.7. The van der Waals surface area contributed by atoms with E-state index in [0.717, 1.165) is 17.8 Å². The Kier molecular flexibility index (Phi) is 4.86. The Morgan fingerprint density at radius 3 is 2.16 bits per heavy atom. The van der Waals surface area contributed by atoms with E-state index in [1.807, 2.05) is 45.0 Å². The molecule has 0 spiro atoms. The zero-order valence-electron chi connectivity index (χ0n) is 14.6. The first-order valence-corrected chi connectivity index (χ1v) is 9.18. The molecule has 2 amide bonds. The molecule has 0 aliphatic carbocycles. The van der Waals surface area contributed by atoms with Crippen LogP contribution in [0.3, 0.4) is 0 Å². The summed E-state index contributed by atoms with van der Waals surface area (Å²) >= 11 is 1.61. The van der Waals surface area contributed by atoms with Gasteiger partial charge < -0.3 is 10.6 Å². The largest absolute Gasteiger partial charge is 0.326 e. The number of carbonyl (C=O) groups excluding carboxylic acids is 2. The lowest BCUT2D eigenvalue weighted by molar-refractivity contribution is -0.123. The molecule has 0 saturated heterocycles. The lowest BCUT2D eigenvalue weighted by Gasteiger charge is -2.18. The molecule has 0 saturated carbocycles. The van der Waals surface area contributed by atoms with Gasteiger partial charge in [-0.2, -0.15) is 0 Å². The second-order valence-electron chi connectivity index (χ2n) is 7.19. The fraction of sp³-hybridized carbons (Fsp3) is 0.300. The van der Waals surface area contributed by atoms with Gasteiger partial charge in [-0.15, -0.1) is 11.8 Å². The molecule has 2 aromatic carbocycles. The summed E-state index contributed by atoms with van der Waals surface area (Å²) in [6.07, 6.45) is 0.756. The molecule has 0 radical (unpaired) electrons. The molecule has 3 rings (SSSR count). The predicted molar refractivity (Wildman–Crippen MR) is 103 cm³/mol. The van der Waals surface area contributed by atoms with Crippen LogP contribution >= 0.6 is 11.8 Å². The molecule has 1 unspecified atom stereocenters. The van der Waals surface area contributed by atoms with E-state index in [4.69, 9.17) is 0 Å². The van der Waals surface area contributed by atoms with Crippen LogP contribution in [0.25, 0.3) is 0 Å². The first-order chi connectivity index (χ1) is 11.8. The number of thioether (sulfide) groups is 1. The number of fused-ring (bicyclic) bond motifs is 1. The molecule has 2 aromatic rings. The highest BCUT2D eigenvalue weighted by atomic mass is 32.2. The molecule has 5 heteroatoms. The Bertz CT molecular complexity index is 769. The molecule has 2 N–H and O–H groups in total. The van der Waals surface area contributed by atoms with Crippen molar-refractivity contribution in [1.29, 1.82) is 0 Å². The zero-order valence-corrected chi connectivity index (χ0v) is 15.4. The first-order valence-electron chi connectivity index (χ1n) is 8.30. The molecule has 25 heavy (non-hydrogen) atoms. The van der Waals surface area contributed by atoms with Gasteiger partial charge in [0.25, 0.3) is 0 Å². The summed E-state index contributed by atoms with van der Waals surface area (Å²) < 4.78 is 0. The molecule has 0 aromatic heterocycles. The highest BCUT2D eigenvalue weighted by Gasteiger charge is 2.28. The summed E-state index contributed by atoms with van der Waals surface area (Å²) in [5.74, 6) is -0.0305. The molecular weight excluding hydrogens is 332 g/mol. The van der Waals surface area contributed by atoms with Gasteiger partial charge in [-0.3, -0.25) is 9.59 Å². The standard InChI is InChI=1S/C20H22N2O2S/c1-20(2,3)19(24)22-15-10-8-14(9-11-15)21-18(23)17-12-13-6-4-5-7-16(13)25-17/h4-11,17H,12H2,1-3H3,(H,21,23)(H,22,24). The number of rotatable bonds is 3. The third kappa shape index (κ3) is 4.23. The molecule has 1 heterocycles. The molecule has 1 aliphatic heterocycles. The van der Waals surface area contributed by atoms with Gasteiger partial charge in [0.1, 0.15) is 0 Å². The smallest absolute Gasteiger partial charge is 0.238 e. The SMILES string of the molecule is CC(C)(C)C(=O)Nc1ccc(NC(=O)C2Cc3ccccc3S2)cc1. The van der Waals surface area contributed by atoms with E-state index >= 15 is 0 Å². The zero-order chi connectivity index (χ0) is 18.0. The van der Waals surface area contributed by atoms with Gasteiger partial charge in [0.15, 0.2) is 0 Å². The number of nitrogens with one attached hydrogen (secondary N) is 2. The Morgan fingerprint density at radius 1 is 0.960 bits per heavy atom. The normalized spacial score (nSPS) is 16.2. The van der Waals surface area contributed by atoms with Crippen molar-refractivity contribution in [2.75, 3.05) is 10.6 Å². The molecule has 0 fully saturated rings. The summed E-state index contributed by atoms with van der Waals surface area (Å²) in [6, 6.07) is 15.3. The maximum Gasteiger partial charge on any atom is 0.238 e. The lowest BCUT2D eigenvalue weighted by atomic mass is 9.95. The number of benzene rings is 2. The molecule has 1 atom stereocenters. The van der Waals surface area contributed by atoms with Gasteiger partial charge in [0.05, 0.1) is 5.25 Å². The van der Waals surface area contributed by atoms with E-state index in [-0.39, 0.29) is 17.1 Å². The molecule has 1 aliphatic rings. The van der Waals surface area contributed by atoms with Crippen molar-refractivity contribution < 1.29 is 9.59 Å². The highest BCUT2D eigenvalue weighted by molar-refractivity contribution is 8.01. The van der Waals surface area contributed by atoms with Crippen molar-refractivity contribution in [1.82, 2.24) is 0 Å². The molecule has 130 valence electrons. The number of hydrogen-bond donors (Lipinski definition) is 2. The van der Waals surface area contributed by atoms with Crippen molar-refractivity contribution in [2.45, 2.75) is 37.3 Å². The molecule has 4 nitrogen and oxygen atoms in total. The van der Waals surface area contributed by atoms with Crippen molar-refractivity contribution in [3.8, 4) is 0 Å². The monoisotopic (exact) mass is 354 g/mol. The van der Waals surface area contributed by atoms with Crippen molar-refractivity contribution in [2.24, 2.45) is 5.41 Å². The van der Waals surface area contributed by atoms with E-state index in [0.29, 0.717) is 0 Å². The minimum absolute atomic E-state index is 0.00711. The van der Waals surface area contributed by atoms with E-state index in [1.165, 1.54) is 10.5 Å². The minimum Gasteiger partial charge on any atom is -0.326 e. The number of amides is 2.